The lowest BCUT2D eigenvalue weighted by molar-refractivity contribution is -0.130. The van der Waals surface area contributed by atoms with E-state index in [2.05, 4.69) is 25.7 Å². The van der Waals surface area contributed by atoms with E-state index in [9.17, 15) is 4.79 Å². The van der Waals surface area contributed by atoms with Crippen LogP contribution in [0.2, 0.25) is 0 Å². The Balaban J connectivity index is 3.90. The molecule has 0 saturated carbocycles. The average Bonchev–Trinajstić information content (AvgIpc) is 2.43. The van der Waals surface area contributed by atoms with Crippen LogP contribution in [0.25, 0.3) is 0 Å². The lowest BCUT2D eigenvalue weighted by atomic mass is 9.94. The van der Waals surface area contributed by atoms with Gasteiger partial charge in [-0.15, -0.1) is 0 Å². The Morgan fingerprint density at radius 3 is 1.70 bits per heavy atom. The Morgan fingerprint density at radius 1 is 0.850 bits per heavy atom. The van der Waals surface area contributed by atoms with E-state index in [4.69, 9.17) is 5.11 Å². The third-order valence-corrected chi connectivity index (χ3v) is 3.70. The van der Waals surface area contributed by atoms with Crippen molar-refractivity contribution in [1.82, 2.24) is 0 Å². The Labute approximate surface area is 125 Å². The van der Waals surface area contributed by atoms with Crippen molar-refractivity contribution in [2.45, 2.75) is 90.9 Å². The van der Waals surface area contributed by atoms with Gasteiger partial charge < -0.3 is 5.11 Å². The summed E-state index contributed by atoms with van der Waals surface area (Å²) >= 11 is 0. The zero-order valence-electron chi connectivity index (χ0n) is 13.4. The van der Waals surface area contributed by atoms with Gasteiger partial charge in [0.1, 0.15) is 0 Å². The molecule has 0 aliphatic rings. The van der Waals surface area contributed by atoms with Gasteiger partial charge in [-0.3, -0.25) is 0 Å². The van der Waals surface area contributed by atoms with Crippen molar-refractivity contribution in [2.24, 2.45) is 5.92 Å². The van der Waals surface area contributed by atoms with Crippen LogP contribution >= 0.6 is 0 Å². The first-order valence-electron chi connectivity index (χ1n) is 8.45. The van der Waals surface area contributed by atoms with Crippen LogP contribution in [0.5, 0.6) is 0 Å². The Kier molecular flexibility index (Phi) is 13.7. The monoisotopic (exact) mass is 280 g/mol. The molecule has 0 aromatic rings. The fourth-order valence-electron chi connectivity index (χ4n) is 2.44. The first-order chi connectivity index (χ1) is 9.70. The van der Waals surface area contributed by atoms with Crippen LogP contribution in [0.4, 0.5) is 0 Å². The molecule has 0 aliphatic carbocycles. The summed E-state index contributed by atoms with van der Waals surface area (Å²) in [5, 5.41) is 8.67. The van der Waals surface area contributed by atoms with E-state index in [-0.39, 0.29) is 5.92 Å². The van der Waals surface area contributed by atoms with Crippen LogP contribution in [0.1, 0.15) is 90.9 Å². The zero-order valence-corrected chi connectivity index (χ0v) is 13.4. The molecule has 0 unspecified atom stereocenters. The molecule has 2 heteroatoms. The van der Waals surface area contributed by atoms with E-state index in [0.29, 0.717) is 0 Å². The average molecular weight is 280 g/mol. The van der Waals surface area contributed by atoms with Crippen molar-refractivity contribution in [1.29, 1.82) is 0 Å². The first kappa shape index (κ1) is 19.0. The minimum atomic E-state index is -0.994. The van der Waals surface area contributed by atoms with Gasteiger partial charge in [0.25, 0.3) is 0 Å². The number of carboxylic acid groups (broad SMARTS) is 1. The quantitative estimate of drug-likeness (QED) is 0.383. The van der Waals surface area contributed by atoms with E-state index < -0.39 is 5.97 Å². The topological polar surface area (TPSA) is 37.3 Å². The molecule has 1 N–H and O–H groups in total. The highest BCUT2D eigenvalue weighted by Gasteiger charge is 2.05. The molecule has 0 bridgehead atoms. The van der Waals surface area contributed by atoms with Crippen molar-refractivity contribution in [3.05, 3.63) is 0 Å². The number of unbranched alkanes of at least 4 members (excludes halogenated alkanes) is 8. The second kappa shape index (κ2) is 14.4. The van der Waals surface area contributed by atoms with Crippen molar-refractivity contribution < 1.29 is 9.90 Å². The van der Waals surface area contributed by atoms with Crippen molar-refractivity contribution in [3.8, 4) is 11.8 Å². The summed E-state index contributed by atoms with van der Waals surface area (Å²) in [4.78, 5) is 10.6. The fourth-order valence-corrected chi connectivity index (χ4v) is 2.44. The minimum Gasteiger partial charge on any atom is -0.472 e. The summed E-state index contributed by atoms with van der Waals surface area (Å²) in [5.41, 5.74) is 0. The molecule has 0 spiro atoms. The van der Waals surface area contributed by atoms with Crippen molar-refractivity contribution in [2.75, 3.05) is 0 Å². The molecule has 2 nitrogen and oxygen atoms in total. The number of carboxylic acids is 1. The van der Waals surface area contributed by atoms with Gasteiger partial charge in [0, 0.05) is 11.8 Å². The van der Waals surface area contributed by atoms with Gasteiger partial charge in [0.2, 0.25) is 0 Å². The third kappa shape index (κ3) is 13.5. The summed E-state index contributed by atoms with van der Waals surface area (Å²) in [6.45, 7) is 4.44. The van der Waals surface area contributed by atoms with E-state index in [1.807, 2.05) is 0 Å². The van der Waals surface area contributed by atoms with Crippen LogP contribution in [-0.2, 0) is 4.79 Å². The predicted octanol–water partition coefficient (Wildman–Crippen LogP) is 5.41. The third-order valence-electron chi connectivity index (χ3n) is 3.70. The highest BCUT2D eigenvalue weighted by Crippen LogP contribution is 2.18. The summed E-state index contributed by atoms with van der Waals surface area (Å²) < 4.78 is 0. The number of hydrogen-bond donors (Lipinski definition) is 1. The molecule has 0 radical (unpaired) electrons. The smallest absolute Gasteiger partial charge is 0.381 e. The second-order valence-corrected chi connectivity index (χ2v) is 5.68. The van der Waals surface area contributed by atoms with Crippen LogP contribution in [-0.4, -0.2) is 11.1 Å². The van der Waals surface area contributed by atoms with E-state index in [1.54, 1.807) is 0 Å². The van der Waals surface area contributed by atoms with Gasteiger partial charge in [0.15, 0.2) is 0 Å². The standard InChI is InChI=1S/C18H32O2/c1-3-5-7-9-11-13-17(15-16-18(19)20)14-12-10-8-6-4-2/h17H,3-14H2,1-2H3,(H,19,20). The van der Waals surface area contributed by atoms with E-state index in [0.717, 1.165) is 12.8 Å². The number of aliphatic carboxylic acids is 1. The molecule has 0 aromatic heterocycles. The molecule has 20 heavy (non-hydrogen) atoms. The largest absolute Gasteiger partial charge is 0.472 e. The predicted molar refractivity (Wildman–Crippen MR) is 85.7 cm³/mol. The fraction of sp³-hybridized carbons (Fsp3) is 0.833. The zero-order chi connectivity index (χ0) is 15.1. The molecule has 0 fully saturated rings. The SMILES string of the molecule is CCCCCCCC(C#CC(=O)O)CCCCCCC. The maximum absolute atomic E-state index is 10.6. The van der Waals surface area contributed by atoms with E-state index in [1.165, 1.54) is 64.2 Å². The maximum Gasteiger partial charge on any atom is 0.381 e. The molecule has 0 heterocycles. The molecule has 0 rings (SSSR count). The second-order valence-electron chi connectivity index (χ2n) is 5.68. The van der Waals surface area contributed by atoms with Crippen LogP contribution in [0, 0.1) is 17.8 Å². The normalized spacial score (nSPS) is 10.3. The summed E-state index contributed by atoms with van der Waals surface area (Å²) in [6, 6.07) is 0. The lowest BCUT2D eigenvalue weighted by Crippen LogP contribution is -2.00. The molecular weight excluding hydrogens is 248 g/mol. The molecule has 0 saturated heterocycles. The minimum absolute atomic E-state index is 0.286. The number of carbonyl (C=O) groups is 1. The molecule has 0 aromatic carbocycles. The number of hydrogen-bond acceptors (Lipinski definition) is 1. The van der Waals surface area contributed by atoms with Gasteiger partial charge in [0.05, 0.1) is 0 Å². The molecule has 0 atom stereocenters. The summed E-state index contributed by atoms with van der Waals surface area (Å²) in [6.07, 6.45) is 14.8. The van der Waals surface area contributed by atoms with Crippen molar-refractivity contribution >= 4 is 5.97 Å². The maximum atomic E-state index is 10.6. The highest BCUT2D eigenvalue weighted by molar-refractivity contribution is 5.86. The van der Waals surface area contributed by atoms with E-state index >= 15 is 0 Å². The molecular formula is C18H32O2. The lowest BCUT2D eigenvalue weighted by Gasteiger charge is -2.10. The number of rotatable bonds is 12. The van der Waals surface area contributed by atoms with Crippen LogP contribution in [0.15, 0.2) is 0 Å². The Morgan fingerprint density at radius 2 is 1.30 bits per heavy atom. The van der Waals surface area contributed by atoms with Crippen LogP contribution in [0.3, 0.4) is 0 Å². The van der Waals surface area contributed by atoms with Gasteiger partial charge in [-0.1, -0.05) is 84.0 Å². The highest BCUT2D eigenvalue weighted by atomic mass is 16.4. The summed E-state index contributed by atoms with van der Waals surface area (Å²) in [5.74, 6) is 4.56. The molecule has 116 valence electrons. The van der Waals surface area contributed by atoms with Gasteiger partial charge in [-0.05, 0) is 12.8 Å². The summed E-state index contributed by atoms with van der Waals surface area (Å²) in [7, 11) is 0. The molecule has 0 aliphatic heterocycles. The van der Waals surface area contributed by atoms with Crippen molar-refractivity contribution in [3.63, 3.8) is 0 Å². The van der Waals surface area contributed by atoms with Gasteiger partial charge in [-0.2, -0.15) is 0 Å². The molecule has 0 amide bonds. The van der Waals surface area contributed by atoms with Gasteiger partial charge >= 0.3 is 5.97 Å². The van der Waals surface area contributed by atoms with Crippen LogP contribution < -0.4 is 0 Å². The first-order valence-corrected chi connectivity index (χ1v) is 8.45. The van der Waals surface area contributed by atoms with Gasteiger partial charge in [-0.25, -0.2) is 4.79 Å². The Bertz CT molecular complexity index is 272. The Hall–Kier alpha value is -0.970.